The number of ether oxygens (including phenoxy) is 2. The third kappa shape index (κ3) is 5.15. The first kappa shape index (κ1) is 24.8. The van der Waals surface area contributed by atoms with E-state index in [0.717, 1.165) is 33.6 Å². The molecule has 0 saturated carbocycles. The molecule has 6 heteroatoms. The second kappa shape index (κ2) is 10.6. The molecule has 0 amide bonds. The van der Waals surface area contributed by atoms with Crippen molar-refractivity contribution in [1.29, 1.82) is 0 Å². The molecule has 0 bridgehead atoms. The lowest BCUT2D eigenvalue weighted by atomic mass is 10.0. The fourth-order valence-corrected chi connectivity index (χ4v) is 4.17. The van der Waals surface area contributed by atoms with E-state index in [9.17, 15) is 9.59 Å². The van der Waals surface area contributed by atoms with Crippen molar-refractivity contribution in [2.45, 2.75) is 13.8 Å². The quantitative estimate of drug-likeness (QED) is 0.184. The zero-order chi connectivity index (χ0) is 26.6. The predicted octanol–water partition coefficient (Wildman–Crippen LogP) is 6.63. The van der Waals surface area contributed by atoms with Crippen LogP contribution in [0.2, 0.25) is 0 Å². The lowest BCUT2D eigenvalue weighted by Crippen LogP contribution is -2.15. The van der Waals surface area contributed by atoms with E-state index in [4.69, 9.17) is 19.4 Å². The van der Waals surface area contributed by atoms with E-state index in [2.05, 4.69) is 0 Å². The van der Waals surface area contributed by atoms with Crippen molar-refractivity contribution in [3.63, 3.8) is 0 Å². The van der Waals surface area contributed by atoms with Crippen LogP contribution in [-0.2, 0) is 4.74 Å². The lowest BCUT2D eigenvalue weighted by molar-refractivity contribution is 0.0474. The van der Waals surface area contributed by atoms with Crippen LogP contribution < -0.4 is 4.74 Å². The number of ketones is 1. The molecule has 0 aliphatic rings. The number of para-hydroxylation sites is 1. The highest BCUT2D eigenvalue weighted by Gasteiger charge is 2.18. The van der Waals surface area contributed by atoms with Crippen molar-refractivity contribution in [2.75, 3.05) is 13.7 Å². The molecule has 0 unspecified atom stereocenters. The Morgan fingerprint density at radius 3 is 1.89 bits per heavy atom. The first-order chi connectivity index (χ1) is 18.4. The number of aryl methyl sites for hydroxylation is 2. The number of benzene rings is 4. The topological polar surface area (TPSA) is 78.4 Å². The SMILES string of the molecule is COc1ccccc1C(=O)COC(=O)c1ccc2nc(-c3ccc(C)cc3)c(-c3ccc(C)cc3)nc2c1. The average Bonchev–Trinajstić information content (AvgIpc) is 2.95. The summed E-state index contributed by atoms with van der Waals surface area (Å²) in [4.78, 5) is 35.3. The fraction of sp³-hybridized carbons (Fsp3) is 0.125. The predicted molar refractivity (Wildman–Crippen MR) is 147 cm³/mol. The maximum absolute atomic E-state index is 12.8. The van der Waals surface area contributed by atoms with Gasteiger partial charge in [0.15, 0.2) is 6.61 Å². The molecule has 5 aromatic rings. The standard InChI is InChI=1S/C32H26N2O4/c1-20-8-12-22(13-9-20)30-31(23-14-10-21(2)11-15-23)34-27-18-24(16-17-26(27)33-30)32(36)38-19-28(35)25-6-4-5-7-29(25)37-3/h4-18H,19H2,1-3H3. The summed E-state index contributed by atoms with van der Waals surface area (Å²) in [6.07, 6.45) is 0. The third-order valence-electron chi connectivity index (χ3n) is 6.29. The summed E-state index contributed by atoms with van der Waals surface area (Å²) in [6.45, 7) is 3.68. The summed E-state index contributed by atoms with van der Waals surface area (Å²) in [5.41, 5.74) is 7.53. The van der Waals surface area contributed by atoms with Crippen LogP contribution in [0.15, 0.2) is 91.0 Å². The number of nitrogens with zero attached hydrogens (tertiary/aromatic N) is 2. The van der Waals surface area contributed by atoms with Crippen molar-refractivity contribution in [2.24, 2.45) is 0 Å². The summed E-state index contributed by atoms with van der Waals surface area (Å²) < 4.78 is 10.6. The zero-order valence-corrected chi connectivity index (χ0v) is 21.4. The van der Waals surface area contributed by atoms with Gasteiger partial charge in [0, 0.05) is 11.1 Å². The highest BCUT2D eigenvalue weighted by molar-refractivity contribution is 6.02. The number of carbonyl (C=O) groups excluding carboxylic acids is 2. The molecule has 1 aromatic heterocycles. The molecule has 0 fully saturated rings. The first-order valence-electron chi connectivity index (χ1n) is 12.2. The van der Waals surface area contributed by atoms with Crippen molar-refractivity contribution in [3.8, 4) is 28.3 Å². The minimum atomic E-state index is -0.614. The molecule has 0 N–H and O–H groups in total. The second-order valence-electron chi connectivity index (χ2n) is 9.06. The van der Waals surface area contributed by atoms with E-state index in [1.165, 1.54) is 7.11 Å². The minimum absolute atomic E-state index is 0.289. The molecule has 188 valence electrons. The van der Waals surface area contributed by atoms with E-state index in [0.29, 0.717) is 22.3 Å². The van der Waals surface area contributed by atoms with Gasteiger partial charge >= 0.3 is 5.97 Å². The Labute approximate surface area is 220 Å². The fourth-order valence-electron chi connectivity index (χ4n) is 4.17. The van der Waals surface area contributed by atoms with Crippen LogP contribution in [0, 0.1) is 13.8 Å². The molecule has 0 radical (unpaired) electrons. The Hall–Kier alpha value is -4.84. The maximum atomic E-state index is 12.8. The number of methoxy groups -OCH3 is 1. The Morgan fingerprint density at radius 2 is 1.29 bits per heavy atom. The number of carbonyl (C=O) groups is 2. The van der Waals surface area contributed by atoms with Gasteiger partial charge < -0.3 is 9.47 Å². The number of fused-ring (bicyclic) bond motifs is 1. The molecular weight excluding hydrogens is 476 g/mol. The molecule has 1 heterocycles. The maximum Gasteiger partial charge on any atom is 0.338 e. The van der Waals surface area contributed by atoms with Gasteiger partial charge in [-0.1, -0.05) is 71.8 Å². The monoisotopic (exact) mass is 502 g/mol. The Bertz CT molecular complexity index is 1640. The van der Waals surface area contributed by atoms with Gasteiger partial charge in [0.05, 0.1) is 40.7 Å². The van der Waals surface area contributed by atoms with Crippen LogP contribution in [0.25, 0.3) is 33.5 Å². The van der Waals surface area contributed by atoms with Crippen LogP contribution in [0.3, 0.4) is 0 Å². The number of rotatable bonds is 7. The van der Waals surface area contributed by atoms with Gasteiger partial charge in [-0.2, -0.15) is 0 Å². The first-order valence-corrected chi connectivity index (χ1v) is 12.2. The molecule has 0 saturated heterocycles. The van der Waals surface area contributed by atoms with Crippen molar-refractivity contribution in [1.82, 2.24) is 9.97 Å². The van der Waals surface area contributed by atoms with Gasteiger partial charge in [-0.05, 0) is 44.2 Å². The van der Waals surface area contributed by atoms with Gasteiger partial charge in [-0.15, -0.1) is 0 Å². The van der Waals surface area contributed by atoms with Crippen LogP contribution >= 0.6 is 0 Å². The Balaban J connectivity index is 1.47. The van der Waals surface area contributed by atoms with Gasteiger partial charge in [-0.3, -0.25) is 4.79 Å². The van der Waals surface area contributed by atoms with Crippen molar-refractivity contribution >= 4 is 22.8 Å². The van der Waals surface area contributed by atoms with Crippen molar-refractivity contribution < 1.29 is 19.1 Å². The highest BCUT2D eigenvalue weighted by atomic mass is 16.5. The molecule has 38 heavy (non-hydrogen) atoms. The summed E-state index contributed by atoms with van der Waals surface area (Å²) in [7, 11) is 1.49. The second-order valence-corrected chi connectivity index (χ2v) is 9.06. The Morgan fingerprint density at radius 1 is 0.711 bits per heavy atom. The van der Waals surface area contributed by atoms with Crippen LogP contribution in [-0.4, -0.2) is 35.4 Å². The molecule has 0 aliphatic heterocycles. The van der Waals surface area contributed by atoms with Gasteiger partial charge in [0.2, 0.25) is 5.78 Å². The molecule has 4 aromatic carbocycles. The van der Waals surface area contributed by atoms with E-state index in [1.54, 1.807) is 42.5 Å². The van der Waals surface area contributed by atoms with Gasteiger partial charge in [0.1, 0.15) is 5.75 Å². The van der Waals surface area contributed by atoms with E-state index in [1.807, 2.05) is 62.4 Å². The summed E-state index contributed by atoms with van der Waals surface area (Å²) >= 11 is 0. The minimum Gasteiger partial charge on any atom is -0.496 e. The number of esters is 1. The number of hydrogen-bond acceptors (Lipinski definition) is 6. The molecule has 0 spiro atoms. The summed E-state index contributed by atoms with van der Waals surface area (Å²) in [5, 5.41) is 0. The lowest BCUT2D eigenvalue weighted by Gasteiger charge is -2.12. The van der Waals surface area contributed by atoms with Crippen LogP contribution in [0.4, 0.5) is 0 Å². The zero-order valence-electron chi connectivity index (χ0n) is 21.4. The van der Waals surface area contributed by atoms with Gasteiger partial charge in [-0.25, -0.2) is 14.8 Å². The third-order valence-corrected chi connectivity index (χ3v) is 6.29. The average molecular weight is 503 g/mol. The van der Waals surface area contributed by atoms with Gasteiger partial charge in [0.25, 0.3) is 0 Å². The van der Waals surface area contributed by atoms with E-state index < -0.39 is 12.6 Å². The van der Waals surface area contributed by atoms with Crippen molar-refractivity contribution in [3.05, 3.63) is 113 Å². The molecule has 6 nitrogen and oxygen atoms in total. The number of hydrogen-bond donors (Lipinski definition) is 0. The number of aromatic nitrogens is 2. The largest absolute Gasteiger partial charge is 0.496 e. The Kier molecular flexibility index (Phi) is 6.96. The molecule has 0 atom stereocenters. The molecule has 5 rings (SSSR count). The molecular formula is C32H26N2O4. The van der Waals surface area contributed by atoms with Crippen LogP contribution in [0.5, 0.6) is 5.75 Å². The smallest absolute Gasteiger partial charge is 0.338 e. The molecule has 0 aliphatic carbocycles. The van der Waals surface area contributed by atoms with Crippen LogP contribution in [0.1, 0.15) is 31.8 Å². The highest BCUT2D eigenvalue weighted by Crippen LogP contribution is 2.31. The number of Topliss-reactive ketones (excluding diaryl/α,β-unsaturated/α-hetero) is 1. The summed E-state index contributed by atoms with van der Waals surface area (Å²) in [6, 6.07) is 28.1. The van der Waals surface area contributed by atoms with E-state index >= 15 is 0 Å². The normalized spacial score (nSPS) is 10.8. The van der Waals surface area contributed by atoms with E-state index in [-0.39, 0.29) is 11.3 Å². The summed E-state index contributed by atoms with van der Waals surface area (Å²) in [5.74, 6) is -0.528.